The van der Waals surface area contributed by atoms with Gasteiger partial charge in [-0.15, -0.1) is 11.6 Å². The van der Waals surface area contributed by atoms with Gasteiger partial charge in [-0.25, -0.2) is 4.98 Å². The van der Waals surface area contributed by atoms with Crippen LogP contribution in [0, 0.1) is 0 Å². The number of nitrogens with zero attached hydrogens (tertiary/aromatic N) is 1. The molecule has 0 aliphatic heterocycles. The normalized spacial score (nSPS) is 13.8. The van der Waals surface area contributed by atoms with Crippen LogP contribution in [0.25, 0.3) is 0 Å². The van der Waals surface area contributed by atoms with Crippen LogP contribution >= 0.6 is 27.5 Å². The number of aromatic nitrogens is 1. The molecule has 1 heterocycles. The van der Waals surface area contributed by atoms with Gasteiger partial charge in [0.15, 0.2) is 0 Å². The van der Waals surface area contributed by atoms with Crippen LogP contribution in [-0.4, -0.2) is 15.9 Å². The molecule has 0 aromatic carbocycles. The zero-order valence-corrected chi connectivity index (χ0v) is 10.9. The van der Waals surface area contributed by atoms with Gasteiger partial charge in [-0.05, 0) is 48.8 Å². The Bertz CT molecular complexity index is 295. The summed E-state index contributed by atoms with van der Waals surface area (Å²) in [4.78, 5) is 4.23. The van der Waals surface area contributed by atoms with Crippen molar-refractivity contribution in [1.29, 1.82) is 0 Å². The summed E-state index contributed by atoms with van der Waals surface area (Å²) in [6, 6.07) is 3.87. The third-order valence-electron chi connectivity index (χ3n) is 2.17. The quantitative estimate of drug-likeness (QED) is 0.853. The first-order valence-corrected chi connectivity index (χ1v) is 5.68. The van der Waals surface area contributed by atoms with Crippen LogP contribution in [0.1, 0.15) is 20.8 Å². The minimum atomic E-state index is -0.164. The first-order valence-electron chi connectivity index (χ1n) is 4.45. The number of hydrogen-bond donors (Lipinski definition) is 1. The van der Waals surface area contributed by atoms with E-state index in [0.717, 1.165) is 10.3 Å². The lowest BCUT2D eigenvalue weighted by molar-refractivity contribution is 0.552. The van der Waals surface area contributed by atoms with Gasteiger partial charge in [0, 0.05) is 16.2 Å². The minimum Gasteiger partial charge on any atom is -0.364 e. The van der Waals surface area contributed by atoms with Crippen molar-refractivity contribution in [2.45, 2.75) is 31.7 Å². The van der Waals surface area contributed by atoms with E-state index in [2.05, 4.69) is 26.2 Å². The molecule has 1 unspecified atom stereocenters. The molecular formula is C10H14BrClN2. The fourth-order valence-corrected chi connectivity index (χ4v) is 1.17. The van der Waals surface area contributed by atoms with E-state index in [0.29, 0.717) is 0 Å². The lowest BCUT2D eigenvalue weighted by atomic mass is 10.0. The SMILES string of the molecule is CC(Cl)C(C)(C)Nc1ccc(Br)cn1. The predicted molar refractivity (Wildman–Crippen MR) is 65.0 cm³/mol. The number of anilines is 1. The summed E-state index contributed by atoms with van der Waals surface area (Å²) in [6.45, 7) is 6.07. The number of hydrogen-bond acceptors (Lipinski definition) is 2. The van der Waals surface area contributed by atoms with E-state index in [4.69, 9.17) is 11.6 Å². The van der Waals surface area contributed by atoms with Crippen molar-refractivity contribution < 1.29 is 0 Å². The summed E-state index contributed by atoms with van der Waals surface area (Å²) in [6.07, 6.45) is 1.76. The van der Waals surface area contributed by atoms with Gasteiger partial charge in [0.25, 0.3) is 0 Å². The fourth-order valence-electron chi connectivity index (χ4n) is 0.879. The van der Waals surface area contributed by atoms with Crippen molar-refractivity contribution >= 4 is 33.3 Å². The maximum atomic E-state index is 6.05. The van der Waals surface area contributed by atoms with Gasteiger partial charge >= 0.3 is 0 Å². The van der Waals surface area contributed by atoms with Crippen molar-refractivity contribution in [3.05, 3.63) is 22.8 Å². The third-order valence-corrected chi connectivity index (χ3v) is 3.19. The Balaban J connectivity index is 2.74. The molecule has 0 bridgehead atoms. The molecule has 1 N–H and O–H groups in total. The van der Waals surface area contributed by atoms with E-state index >= 15 is 0 Å². The third kappa shape index (κ3) is 3.14. The Hall–Kier alpha value is -0.280. The zero-order valence-electron chi connectivity index (χ0n) is 8.51. The van der Waals surface area contributed by atoms with Crippen LogP contribution in [0.4, 0.5) is 5.82 Å². The van der Waals surface area contributed by atoms with Crippen molar-refractivity contribution in [2.75, 3.05) is 5.32 Å². The molecule has 0 saturated heterocycles. The molecule has 0 amide bonds. The average molecular weight is 278 g/mol. The van der Waals surface area contributed by atoms with Gasteiger partial charge in [0.1, 0.15) is 5.82 Å². The molecule has 1 atom stereocenters. The Morgan fingerprint density at radius 1 is 1.50 bits per heavy atom. The first kappa shape index (κ1) is 11.8. The summed E-state index contributed by atoms with van der Waals surface area (Å²) in [5.41, 5.74) is -0.164. The number of pyridine rings is 1. The van der Waals surface area contributed by atoms with Gasteiger partial charge in [-0.2, -0.15) is 0 Å². The lowest BCUT2D eigenvalue weighted by Gasteiger charge is -2.29. The molecule has 4 heteroatoms. The molecule has 1 aromatic heterocycles. The summed E-state index contributed by atoms with van der Waals surface area (Å²) >= 11 is 9.39. The Kier molecular flexibility index (Phi) is 3.78. The highest BCUT2D eigenvalue weighted by Gasteiger charge is 2.23. The van der Waals surface area contributed by atoms with Crippen molar-refractivity contribution in [3.8, 4) is 0 Å². The van der Waals surface area contributed by atoms with E-state index in [-0.39, 0.29) is 10.9 Å². The smallest absolute Gasteiger partial charge is 0.126 e. The summed E-state index contributed by atoms with van der Waals surface area (Å²) in [7, 11) is 0. The topological polar surface area (TPSA) is 24.9 Å². The van der Waals surface area contributed by atoms with Gasteiger partial charge in [-0.3, -0.25) is 0 Å². The monoisotopic (exact) mass is 276 g/mol. The second-order valence-corrected chi connectivity index (χ2v) is 5.39. The number of halogens is 2. The second kappa shape index (κ2) is 4.49. The average Bonchev–Trinajstić information content (AvgIpc) is 2.08. The Morgan fingerprint density at radius 3 is 2.57 bits per heavy atom. The number of rotatable bonds is 3. The molecule has 1 aromatic rings. The molecule has 0 aliphatic carbocycles. The molecular weight excluding hydrogens is 263 g/mol. The highest BCUT2D eigenvalue weighted by molar-refractivity contribution is 9.10. The molecule has 14 heavy (non-hydrogen) atoms. The summed E-state index contributed by atoms with van der Waals surface area (Å²) in [5.74, 6) is 0.839. The van der Waals surface area contributed by atoms with E-state index in [1.165, 1.54) is 0 Å². The molecule has 0 radical (unpaired) electrons. The number of nitrogens with one attached hydrogen (secondary N) is 1. The molecule has 0 aliphatic rings. The summed E-state index contributed by atoms with van der Waals surface area (Å²) < 4.78 is 0.972. The maximum Gasteiger partial charge on any atom is 0.126 e. The van der Waals surface area contributed by atoms with Gasteiger partial charge in [0.05, 0.1) is 5.38 Å². The summed E-state index contributed by atoms with van der Waals surface area (Å²) in [5, 5.41) is 3.32. The van der Waals surface area contributed by atoms with Crippen molar-refractivity contribution in [1.82, 2.24) is 4.98 Å². The van der Waals surface area contributed by atoms with E-state index in [1.807, 2.05) is 32.9 Å². The lowest BCUT2D eigenvalue weighted by Crippen LogP contribution is -2.39. The van der Waals surface area contributed by atoms with Crippen LogP contribution in [0.15, 0.2) is 22.8 Å². The highest BCUT2D eigenvalue weighted by atomic mass is 79.9. The number of alkyl halides is 1. The first-order chi connectivity index (χ1) is 6.42. The molecule has 0 saturated carbocycles. The second-order valence-electron chi connectivity index (χ2n) is 3.82. The van der Waals surface area contributed by atoms with Crippen LogP contribution in [0.3, 0.4) is 0 Å². The molecule has 0 fully saturated rings. The van der Waals surface area contributed by atoms with E-state index in [1.54, 1.807) is 6.20 Å². The van der Waals surface area contributed by atoms with Crippen molar-refractivity contribution in [2.24, 2.45) is 0 Å². The standard InChI is InChI=1S/C10H14BrClN2/c1-7(12)10(2,3)14-9-5-4-8(11)6-13-9/h4-7H,1-3H3,(H,13,14). The van der Waals surface area contributed by atoms with Crippen LogP contribution in [0.2, 0.25) is 0 Å². The van der Waals surface area contributed by atoms with Crippen LogP contribution < -0.4 is 5.32 Å². The zero-order chi connectivity index (χ0) is 10.8. The van der Waals surface area contributed by atoms with Gasteiger partial charge in [-0.1, -0.05) is 0 Å². The highest BCUT2D eigenvalue weighted by Crippen LogP contribution is 2.21. The Labute approximate surface area is 98.2 Å². The van der Waals surface area contributed by atoms with Crippen molar-refractivity contribution in [3.63, 3.8) is 0 Å². The molecule has 0 spiro atoms. The largest absolute Gasteiger partial charge is 0.364 e. The van der Waals surface area contributed by atoms with E-state index in [9.17, 15) is 0 Å². The van der Waals surface area contributed by atoms with Gasteiger partial charge < -0.3 is 5.32 Å². The van der Waals surface area contributed by atoms with Crippen LogP contribution in [-0.2, 0) is 0 Å². The predicted octanol–water partition coefficient (Wildman–Crippen LogP) is 3.66. The molecule has 2 nitrogen and oxygen atoms in total. The Morgan fingerprint density at radius 2 is 2.14 bits per heavy atom. The fraction of sp³-hybridized carbons (Fsp3) is 0.500. The van der Waals surface area contributed by atoms with E-state index < -0.39 is 0 Å². The minimum absolute atomic E-state index is 0.0351. The maximum absolute atomic E-state index is 6.05. The molecule has 1 rings (SSSR count). The van der Waals surface area contributed by atoms with Crippen LogP contribution in [0.5, 0.6) is 0 Å². The van der Waals surface area contributed by atoms with Gasteiger partial charge in [0.2, 0.25) is 0 Å². The molecule has 78 valence electrons.